The Morgan fingerprint density at radius 3 is 2.54 bits per heavy atom. The number of nitrogens with one attached hydrogen (secondary N) is 2. The summed E-state index contributed by atoms with van der Waals surface area (Å²) in [7, 11) is 0. The van der Waals surface area contributed by atoms with Crippen LogP contribution in [0, 0.1) is 12.7 Å². The van der Waals surface area contributed by atoms with E-state index in [0.29, 0.717) is 18.9 Å². The average molecular weight is 405 g/mol. The zero-order chi connectivity index (χ0) is 20.2. The first kappa shape index (κ1) is 21.8. The second-order valence-corrected chi connectivity index (χ2v) is 7.26. The number of unbranched alkanes of at least 4 members (excludes halogenated alkanes) is 1. The highest BCUT2D eigenvalue weighted by atomic mass is 32.2. The predicted octanol–water partition coefficient (Wildman–Crippen LogP) is 3.78. The number of aryl methyl sites for hydroxylation is 1. The molecule has 2 amide bonds. The monoisotopic (exact) mass is 404 g/mol. The van der Waals surface area contributed by atoms with Crippen LogP contribution in [0.5, 0.6) is 5.75 Å². The van der Waals surface area contributed by atoms with Gasteiger partial charge in [0.1, 0.15) is 11.6 Å². The van der Waals surface area contributed by atoms with E-state index in [1.807, 2.05) is 31.2 Å². The molecular formula is C21H25FN2O3S. The van der Waals surface area contributed by atoms with Crippen LogP contribution in [-0.2, 0) is 9.59 Å². The number of hydrogen-bond acceptors (Lipinski definition) is 4. The van der Waals surface area contributed by atoms with Gasteiger partial charge >= 0.3 is 0 Å². The first-order valence-electron chi connectivity index (χ1n) is 9.12. The minimum atomic E-state index is -0.291. The van der Waals surface area contributed by atoms with Gasteiger partial charge in [0.2, 0.25) is 11.8 Å². The fraction of sp³-hybridized carbons (Fsp3) is 0.333. The normalized spacial score (nSPS) is 10.4. The maximum absolute atomic E-state index is 12.8. The van der Waals surface area contributed by atoms with Crippen molar-refractivity contribution in [3.63, 3.8) is 0 Å². The molecule has 0 aromatic heterocycles. The largest absolute Gasteiger partial charge is 0.494 e. The number of carbonyl (C=O) groups is 2. The molecule has 0 radical (unpaired) electrons. The third-order valence-corrected chi connectivity index (χ3v) is 4.68. The van der Waals surface area contributed by atoms with Crippen molar-refractivity contribution >= 4 is 29.3 Å². The van der Waals surface area contributed by atoms with Crippen LogP contribution in [0.2, 0.25) is 0 Å². The highest BCUT2D eigenvalue weighted by Gasteiger charge is 2.06. The number of carbonyl (C=O) groups excluding carboxylic acids is 2. The summed E-state index contributed by atoms with van der Waals surface area (Å²) in [6, 6.07) is 13.5. The number of thioether (sulfide) groups is 1. The summed E-state index contributed by atoms with van der Waals surface area (Å²) in [6.45, 7) is 3.03. The van der Waals surface area contributed by atoms with Crippen molar-refractivity contribution in [2.75, 3.05) is 30.0 Å². The molecule has 0 saturated heterocycles. The van der Waals surface area contributed by atoms with E-state index in [0.717, 1.165) is 24.1 Å². The second-order valence-electron chi connectivity index (χ2n) is 6.27. The maximum Gasteiger partial charge on any atom is 0.234 e. The van der Waals surface area contributed by atoms with Gasteiger partial charge in [-0.05, 0) is 61.7 Å². The van der Waals surface area contributed by atoms with Gasteiger partial charge in [-0.2, -0.15) is 0 Å². The van der Waals surface area contributed by atoms with Crippen LogP contribution in [0.15, 0.2) is 48.5 Å². The molecule has 0 heterocycles. The SMILES string of the molecule is Cc1cccc(NC(=O)CSCC(=O)NCCCCOc2ccc(F)cc2)c1. The van der Waals surface area contributed by atoms with E-state index in [1.165, 1.54) is 23.9 Å². The van der Waals surface area contributed by atoms with Crippen molar-refractivity contribution in [1.29, 1.82) is 0 Å². The van der Waals surface area contributed by atoms with E-state index in [1.54, 1.807) is 12.1 Å². The van der Waals surface area contributed by atoms with E-state index in [-0.39, 0.29) is 29.1 Å². The van der Waals surface area contributed by atoms with Crippen LogP contribution >= 0.6 is 11.8 Å². The van der Waals surface area contributed by atoms with E-state index in [9.17, 15) is 14.0 Å². The molecule has 0 unspecified atom stereocenters. The van der Waals surface area contributed by atoms with E-state index in [2.05, 4.69) is 10.6 Å². The number of benzene rings is 2. The molecular weight excluding hydrogens is 379 g/mol. The quantitative estimate of drug-likeness (QED) is 0.560. The van der Waals surface area contributed by atoms with Crippen molar-refractivity contribution in [3.8, 4) is 5.75 Å². The second kappa shape index (κ2) is 12.0. The highest BCUT2D eigenvalue weighted by molar-refractivity contribution is 8.00. The molecule has 0 bridgehead atoms. The number of rotatable bonds is 11. The van der Waals surface area contributed by atoms with Gasteiger partial charge in [0.05, 0.1) is 18.1 Å². The average Bonchev–Trinajstić information content (AvgIpc) is 2.66. The van der Waals surface area contributed by atoms with Crippen molar-refractivity contribution in [2.45, 2.75) is 19.8 Å². The lowest BCUT2D eigenvalue weighted by Crippen LogP contribution is -2.27. The van der Waals surface area contributed by atoms with E-state index >= 15 is 0 Å². The van der Waals surface area contributed by atoms with Crippen molar-refractivity contribution in [3.05, 3.63) is 59.9 Å². The summed E-state index contributed by atoms with van der Waals surface area (Å²) in [5, 5.41) is 5.64. The maximum atomic E-state index is 12.8. The fourth-order valence-corrected chi connectivity index (χ4v) is 3.03. The minimum absolute atomic E-state index is 0.0900. The van der Waals surface area contributed by atoms with Crippen LogP contribution in [0.4, 0.5) is 10.1 Å². The zero-order valence-electron chi connectivity index (χ0n) is 15.9. The Labute approximate surface area is 169 Å². The number of ether oxygens (including phenoxy) is 1. The first-order valence-corrected chi connectivity index (χ1v) is 10.3. The molecule has 0 aliphatic heterocycles. The van der Waals surface area contributed by atoms with Crippen molar-refractivity contribution < 1.29 is 18.7 Å². The molecule has 2 N–H and O–H groups in total. The third-order valence-electron chi connectivity index (χ3n) is 3.74. The van der Waals surface area contributed by atoms with Gasteiger partial charge in [-0.25, -0.2) is 4.39 Å². The number of anilines is 1. The molecule has 2 aromatic rings. The predicted molar refractivity (Wildman–Crippen MR) is 111 cm³/mol. The summed E-state index contributed by atoms with van der Waals surface area (Å²) in [6.07, 6.45) is 1.56. The molecule has 0 aliphatic carbocycles. The molecule has 0 fully saturated rings. The Bertz CT molecular complexity index is 769. The minimum Gasteiger partial charge on any atom is -0.494 e. The van der Waals surface area contributed by atoms with Gasteiger partial charge < -0.3 is 15.4 Å². The number of halogens is 1. The Balaban J connectivity index is 1.48. The molecule has 0 saturated carbocycles. The summed E-state index contributed by atoms with van der Waals surface area (Å²) < 4.78 is 18.3. The molecule has 150 valence electrons. The number of hydrogen-bond donors (Lipinski definition) is 2. The molecule has 0 aliphatic rings. The molecule has 5 nitrogen and oxygen atoms in total. The lowest BCUT2D eigenvalue weighted by Gasteiger charge is -2.08. The fourth-order valence-electron chi connectivity index (χ4n) is 2.38. The molecule has 2 rings (SSSR count). The number of amides is 2. The Kier molecular flexibility index (Phi) is 9.34. The summed E-state index contributed by atoms with van der Waals surface area (Å²) in [5.74, 6) is 0.598. The van der Waals surface area contributed by atoms with Gasteiger partial charge in [-0.1, -0.05) is 12.1 Å². The van der Waals surface area contributed by atoms with Gasteiger partial charge in [0.25, 0.3) is 0 Å². The van der Waals surface area contributed by atoms with Crippen LogP contribution in [0.3, 0.4) is 0 Å². The van der Waals surface area contributed by atoms with Crippen LogP contribution in [-0.4, -0.2) is 36.5 Å². The van der Waals surface area contributed by atoms with Crippen LogP contribution in [0.1, 0.15) is 18.4 Å². The Hall–Kier alpha value is -2.54. The lowest BCUT2D eigenvalue weighted by molar-refractivity contribution is -0.118. The molecule has 0 spiro atoms. The highest BCUT2D eigenvalue weighted by Crippen LogP contribution is 2.12. The molecule has 28 heavy (non-hydrogen) atoms. The first-order chi connectivity index (χ1) is 13.5. The molecule has 0 atom stereocenters. The lowest BCUT2D eigenvalue weighted by atomic mass is 10.2. The van der Waals surface area contributed by atoms with Gasteiger partial charge in [0, 0.05) is 12.2 Å². The Morgan fingerprint density at radius 1 is 1.04 bits per heavy atom. The summed E-state index contributed by atoms with van der Waals surface area (Å²) in [4.78, 5) is 23.7. The zero-order valence-corrected chi connectivity index (χ0v) is 16.7. The van der Waals surface area contributed by atoms with Crippen molar-refractivity contribution in [2.24, 2.45) is 0 Å². The van der Waals surface area contributed by atoms with Gasteiger partial charge in [-0.3, -0.25) is 9.59 Å². The summed E-state index contributed by atoms with van der Waals surface area (Å²) >= 11 is 1.28. The summed E-state index contributed by atoms with van der Waals surface area (Å²) in [5.41, 5.74) is 1.84. The smallest absolute Gasteiger partial charge is 0.234 e. The molecule has 7 heteroatoms. The van der Waals surface area contributed by atoms with E-state index < -0.39 is 0 Å². The van der Waals surface area contributed by atoms with Crippen LogP contribution in [0.25, 0.3) is 0 Å². The van der Waals surface area contributed by atoms with Gasteiger partial charge in [-0.15, -0.1) is 11.8 Å². The Morgan fingerprint density at radius 2 is 1.79 bits per heavy atom. The van der Waals surface area contributed by atoms with Crippen molar-refractivity contribution in [1.82, 2.24) is 5.32 Å². The van der Waals surface area contributed by atoms with E-state index in [4.69, 9.17) is 4.74 Å². The van der Waals surface area contributed by atoms with Gasteiger partial charge in [0.15, 0.2) is 0 Å². The third kappa shape index (κ3) is 8.90. The topological polar surface area (TPSA) is 67.4 Å². The standard InChI is InChI=1S/C21H25FN2O3S/c1-16-5-4-6-18(13-16)24-21(26)15-28-14-20(25)23-11-2-3-12-27-19-9-7-17(22)8-10-19/h4-10,13H,2-3,11-12,14-15H2,1H3,(H,23,25)(H,24,26). The molecule has 2 aromatic carbocycles. The van der Waals surface area contributed by atoms with Crippen LogP contribution < -0.4 is 15.4 Å².